The number of aliphatic hydroxyl groups is 2. The first-order valence-corrected chi connectivity index (χ1v) is 8.94. The van der Waals surface area contributed by atoms with Gasteiger partial charge in [0.15, 0.2) is 0 Å². The van der Waals surface area contributed by atoms with Crippen LogP contribution in [0.5, 0.6) is 5.75 Å². The summed E-state index contributed by atoms with van der Waals surface area (Å²) in [5, 5.41) is 22.7. The van der Waals surface area contributed by atoms with E-state index in [9.17, 15) is 19.4 Å². The van der Waals surface area contributed by atoms with Crippen LogP contribution in [0.3, 0.4) is 0 Å². The molecular formula is C21H26FNO5. The molecule has 0 fully saturated rings. The summed E-state index contributed by atoms with van der Waals surface area (Å²) < 4.78 is 23.6. The molecule has 2 rings (SSSR count). The molecule has 0 saturated heterocycles. The van der Waals surface area contributed by atoms with Crippen molar-refractivity contribution in [3.8, 4) is 5.75 Å². The number of rotatable bonds is 7. The molecule has 1 amide bonds. The lowest BCUT2D eigenvalue weighted by Gasteiger charge is -2.22. The van der Waals surface area contributed by atoms with Crippen LogP contribution in [0.15, 0.2) is 48.5 Å². The van der Waals surface area contributed by atoms with Gasteiger partial charge in [-0.15, -0.1) is 0 Å². The summed E-state index contributed by atoms with van der Waals surface area (Å²) in [6, 6.07) is 12.6. The fraction of sp³-hybridized carbons (Fsp3) is 0.381. The molecule has 0 aliphatic rings. The zero-order valence-electron chi connectivity index (χ0n) is 16.2. The number of aliphatic hydroxyl groups excluding tert-OH is 2. The molecule has 2 atom stereocenters. The van der Waals surface area contributed by atoms with Gasteiger partial charge in [-0.05, 0) is 56.2 Å². The lowest BCUT2D eigenvalue weighted by Crippen LogP contribution is -2.38. The normalized spacial score (nSPS) is 13.5. The van der Waals surface area contributed by atoms with Crippen LogP contribution in [0.25, 0.3) is 0 Å². The van der Waals surface area contributed by atoms with Crippen LogP contribution in [0.4, 0.5) is 9.18 Å². The van der Waals surface area contributed by atoms with Crippen LogP contribution in [-0.2, 0) is 11.3 Å². The van der Waals surface area contributed by atoms with E-state index in [1.54, 1.807) is 57.2 Å². The minimum Gasteiger partial charge on any atom is -0.489 e. The highest BCUT2D eigenvalue weighted by molar-refractivity contribution is 5.67. The average Bonchev–Trinajstić information content (AvgIpc) is 2.64. The SMILES string of the molecule is CC(C)(C)OC(=O)NCC(O)C(O)c1ccc(OCc2ccc(F)cc2)cc1. The summed E-state index contributed by atoms with van der Waals surface area (Å²) in [5.74, 6) is 0.267. The molecule has 6 nitrogen and oxygen atoms in total. The van der Waals surface area contributed by atoms with Gasteiger partial charge in [0.25, 0.3) is 0 Å². The number of benzene rings is 2. The molecule has 7 heteroatoms. The van der Waals surface area contributed by atoms with Gasteiger partial charge in [-0.2, -0.15) is 0 Å². The van der Waals surface area contributed by atoms with Gasteiger partial charge >= 0.3 is 6.09 Å². The van der Waals surface area contributed by atoms with Gasteiger partial charge in [0, 0.05) is 6.54 Å². The zero-order valence-corrected chi connectivity index (χ0v) is 16.2. The van der Waals surface area contributed by atoms with Gasteiger partial charge in [0.1, 0.15) is 36.0 Å². The van der Waals surface area contributed by atoms with E-state index in [1.807, 2.05) is 0 Å². The van der Waals surface area contributed by atoms with Gasteiger partial charge in [-0.3, -0.25) is 0 Å². The van der Waals surface area contributed by atoms with Crippen LogP contribution in [0, 0.1) is 5.82 Å². The van der Waals surface area contributed by atoms with E-state index in [2.05, 4.69) is 5.32 Å². The molecular weight excluding hydrogens is 365 g/mol. The van der Waals surface area contributed by atoms with Crippen molar-refractivity contribution in [3.05, 3.63) is 65.5 Å². The topological polar surface area (TPSA) is 88.0 Å². The van der Waals surface area contributed by atoms with Crippen molar-refractivity contribution < 1.29 is 28.9 Å². The number of amides is 1. The molecule has 0 heterocycles. The summed E-state index contributed by atoms with van der Waals surface area (Å²) in [4.78, 5) is 11.6. The maximum absolute atomic E-state index is 12.9. The minimum atomic E-state index is -1.20. The van der Waals surface area contributed by atoms with Crippen LogP contribution in [0.1, 0.15) is 38.0 Å². The van der Waals surface area contributed by atoms with Crippen LogP contribution in [-0.4, -0.2) is 34.6 Å². The van der Waals surface area contributed by atoms with Crippen molar-refractivity contribution in [2.45, 2.75) is 45.2 Å². The number of carbonyl (C=O) groups is 1. The van der Waals surface area contributed by atoms with Crippen molar-refractivity contribution in [2.24, 2.45) is 0 Å². The van der Waals surface area contributed by atoms with E-state index in [1.165, 1.54) is 12.1 Å². The highest BCUT2D eigenvalue weighted by atomic mass is 19.1. The number of carbonyl (C=O) groups excluding carboxylic acids is 1. The first-order chi connectivity index (χ1) is 13.1. The number of nitrogens with one attached hydrogen (secondary N) is 1. The molecule has 2 aromatic rings. The van der Waals surface area contributed by atoms with Gasteiger partial charge in [-0.1, -0.05) is 24.3 Å². The lowest BCUT2D eigenvalue weighted by atomic mass is 10.0. The van der Waals surface area contributed by atoms with E-state index in [0.29, 0.717) is 11.3 Å². The quantitative estimate of drug-likeness (QED) is 0.674. The van der Waals surface area contributed by atoms with E-state index < -0.39 is 23.9 Å². The first kappa shape index (κ1) is 21.7. The third-order valence-electron chi connectivity index (χ3n) is 3.76. The molecule has 0 aromatic heterocycles. The largest absolute Gasteiger partial charge is 0.489 e. The third kappa shape index (κ3) is 7.17. The Kier molecular flexibility index (Phi) is 7.37. The van der Waals surface area contributed by atoms with E-state index in [-0.39, 0.29) is 19.0 Å². The predicted molar refractivity (Wildman–Crippen MR) is 102 cm³/mol. The van der Waals surface area contributed by atoms with E-state index >= 15 is 0 Å². The number of hydrogen-bond donors (Lipinski definition) is 3. The van der Waals surface area contributed by atoms with Crippen molar-refractivity contribution >= 4 is 6.09 Å². The molecule has 0 bridgehead atoms. The Morgan fingerprint density at radius 3 is 2.25 bits per heavy atom. The van der Waals surface area contributed by atoms with Crippen LogP contribution in [0.2, 0.25) is 0 Å². The summed E-state index contributed by atoms with van der Waals surface area (Å²) in [6.07, 6.45) is -3.04. The number of alkyl carbamates (subject to hydrolysis) is 1. The molecule has 2 unspecified atom stereocenters. The van der Waals surface area contributed by atoms with E-state index in [4.69, 9.17) is 9.47 Å². The summed E-state index contributed by atoms with van der Waals surface area (Å²) in [7, 11) is 0. The molecule has 28 heavy (non-hydrogen) atoms. The molecule has 0 aliphatic carbocycles. The second-order valence-electron chi connectivity index (χ2n) is 7.38. The number of ether oxygens (including phenoxy) is 2. The Labute approximate surface area is 163 Å². The second-order valence-corrected chi connectivity index (χ2v) is 7.38. The fourth-order valence-electron chi connectivity index (χ4n) is 2.34. The summed E-state index contributed by atoms with van der Waals surface area (Å²) in [6.45, 7) is 5.33. The molecule has 0 spiro atoms. The Morgan fingerprint density at radius 1 is 1.07 bits per heavy atom. The van der Waals surface area contributed by atoms with E-state index in [0.717, 1.165) is 5.56 Å². The first-order valence-electron chi connectivity index (χ1n) is 8.94. The predicted octanol–water partition coefficient (Wildman–Crippen LogP) is 3.32. The average molecular weight is 391 g/mol. The Balaban J connectivity index is 1.83. The van der Waals surface area contributed by atoms with Gasteiger partial charge in [0.05, 0.1) is 0 Å². The zero-order chi connectivity index (χ0) is 20.7. The smallest absolute Gasteiger partial charge is 0.407 e. The molecule has 3 N–H and O–H groups in total. The minimum absolute atomic E-state index is 0.154. The lowest BCUT2D eigenvalue weighted by molar-refractivity contribution is 0.0129. The van der Waals surface area contributed by atoms with Crippen molar-refractivity contribution in [1.29, 1.82) is 0 Å². The maximum atomic E-state index is 12.9. The van der Waals surface area contributed by atoms with Crippen LogP contribution < -0.4 is 10.1 Å². The standard InChI is InChI=1S/C21H26FNO5/c1-21(2,3)28-20(26)23-12-18(24)19(25)15-6-10-17(11-7-15)27-13-14-4-8-16(22)9-5-14/h4-11,18-19,24-25H,12-13H2,1-3H3,(H,23,26). The monoisotopic (exact) mass is 391 g/mol. The Bertz CT molecular complexity index is 756. The molecule has 152 valence electrons. The van der Waals surface area contributed by atoms with Crippen molar-refractivity contribution in [1.82, 2.24) is 5.32 Å². The summed E-state index contributed by atoms with van der Waals surface area (Å²) >= 11 is 0. The number of halogens is 1. The van der Waals surface area contributed by atoms with Crippen molar-refractivity contribution in [2.75, 3.05) is 6.54 Å². The number of hydrogen-bond acceptors (Lipinski definition) is 5. The summed E-state index contributed by atoms with van der Waals surface area (Å²) in [5.41, 5.74) is 0.666. The molecule has 0 aliphatic heterocycles. The van der Waals surface area contributed by atoms with Gasteiger partial charge < -0.3 is 25.0 Å². The third-order valence-corrected chi connectivity index (χ3v) is 3.76. The Morgan fingerprint density at radius 2 is 1.68 bits per heavy atom. The molecule has 0 saturated carbocycles. The van der Waals surface area contributed by atoms with Gasteiger partial charge in [0.2, 0.25) is 0 Å². The second kappa shape index (κ2) is 9.52. The van der Waals surface area contributed by atoms with Crippen molar-refractivity contribution in [3.63, 3.8) is 0 Å². The van der Waals surface area contributed by atoms with Crippen LogP contribution >= 0.6 is 0 Å². The molecule has 0 radical (unpaired) electrons. The highest BCUT2D eigenvalue weighted by Gasteiger charge is 2.21. The molecule has 2 aromatic carbocycles. The van der Waals surface area contributed by atoms with Gasteiger partial charge in [-0.25, -0.2) is 9.18 Å². The maximum Gasteiger partial charge on any atom is 0.407 e. The Hall–Kier alpha value is -2.64. The fourth-order valence-corrected chi connectivity index (χ4v) is 2.34. The highest BCUT2D eigenvalue weighted by Crippen LogP contribution is 2.21.